The first-order chi connectivity index (χ1) is 16.0. The zero-order valence-corrected chi connectivity index (χ0v) is 17.8. The maximum absolute atomic E-state index is 13.9. The van der Waals surface area contributed by atoms with Crippen LogP contribution in [0.2, 0.25) is 0 Å². The lowest BCUT2D eigenvalue weighted by molar-refractivity contribution is -0.116. The number of aryl methyl sites for hydroxylation is 1. The molecule has 168 valence electrons. The molecule has 0 bridgehead atoms. The van der Waals surface area contributed by atoms with Gasteiger partial charge in [0.1, 0.15) is 5.82 Å². The van der Waals surface area contributed by atoms with Gasteiger partial charge in [-0.05, 0) is 49.4 Å². The van der Waals surface area contributed by atoms with Crippen molar-refractivity contribution in [1.82, 2.24) is 14.8 Å². The molecule has 4 rings (SSSR count). The molecule has 0 aliphatic carbocycles. The topological polar surface area (TPSA) is 99.2 Å². The number of aromatic nitrogens is 3. The highest BCUT2D eigenvalue weighted by Crippen LogP contribution is 2.23. The van der Waals surface area contributed by atoms with Crippen LogP contribution in [-0.2, 0) is 16.0 Å². The SMILES string of the molecule is CCOC(=O)c1ccn(-c2ccc(NC(=O)CCc3ncc(-c4ccccc4F)o3)cc2)n1. The number of oxazole rings is 1. The molecular weight excluding hydrogens is 427 g/mol. The number of hydrogen-bond acceptors (Lipinski definition) is 6. The van der Waals surface area contributed by atoms with Gasteiger partial charge in [-0.3, -0.25) is 4.79 Å². The fraction of sp³-hybridized carbons (Fsp3) is 0.167. The van der Waals surface area contributed by atoms with Gasteiger partial charge < -0.3 is 14.5 Å². The third-order valence-electron chi connectivity index (χ3n) is 4.75. The van der Waals surface area contributed by atoms with E-state index >= 15 is 0 Å². The van der Waals surface area contributed by atoms with Crippen LogP contribution in [0.3, 0.4) is 0 Å². The predicted molar refractivity (Wildman–Crippen MR) is 118 cm³/mol. The minimum atomic E-state index is -0.479. The van der Waals surface area contributed by atoms with Gasteiger partial charge in [-0.1, -0.05) is 12.1 Å². The summed E-state index contributed by atoms with van der Waals surface area (Å²) in [4.78, 5) is 28.2. The number of halogens is 1. The molecule has 0 spiro atoms. The summed E-state index contributed by atoms with van der Waals surface area (Å²) in [6.45, 7) is 2.01. The molecule has 33 heavy (non-hydrogen) atoms. The lowest BCUT2D eigenvalue weighted by Gasteiger charge is -2.06. The molecule has 0 atom stereocenters. The number of rotatable bonds is 8. The highest BCUT2D eigenvalue weighted by atomic mass is 19.1. The molecular formula is C24H21FN4O4. The maximum atomic E-state index is 13.9. The monoisotopic (exact) mass is 448 g/mol. The molecule has 0 aliphatic heterocycles. The number of carbonyl (C=O) groups is 2. The van der Waals surface area contributed by atoms with Crippen LogP contribution in [0, 0.1) is 5.82 Å². The molecule has 0 saturated heterocycles. The number of benzene rings is 2. The third kappa shape index (κ3) is 5.32. The van der Waals surface area contributed by atoms with Crippen LogP contribution in [0.25, 0.3) is 17.0 Å². The van der Waals surface area contributed by atoms with E-state index in [1.165, 1.54) is 12.3 Å². The van der Waals surface area contributed by atoms with Gasteiger partial charge in [0.25, 0.3) is 0 Å². The summed E-state index contributed by atoms with van der Waals surface area (Å²) in [5, 5.41) is 7.00. The van der Waals surface area contributed by atoms with Gasteiger partial charge in [-0.2, -0.15) is 5.10 Å². The van der Waals surface area contributed by atoms with Crippen molar-refractivity contribution in [1.29, 1.82) is 0 Å². The van der Waals surface area contributed by atoms with Crippen LogP contribution in [0.1, 0.15) is 29.7 Å². The van der Waals surface area contributed by atoms with E-state index in [0.717, 1.165) is 5.69 Å². The largest absolute Gasteiger partial charge is 0.461 e. The second-order valence-electron chi connectivity index (χ2n) is 7.06. The van der Waals surface area contributed by atoms with E-state index in [1.54, 1.807) is 66.3 Å². The van der Waals surface area contributed by atoms with Gasteiger partial charge in [0.2, 0.25) is 5.91 Å². The smallest absolute Gasteiger partial charge is 0.358 e. The number of amides is 1. The molecule has 0 aliphatic rings. The lowest BCUT2D eigenvalue weighted by atomic mass is 10.2. The standard InChI is InChI=1S/C24H21FN4O4/c1-2-32-24(31)20-13-14-29(28-20)17-9-7-16(8-10-17)27-22(30)11-12-23-26-15-21(33-23)18-5-3-4-6-19(18)25/h3-10,13-15H,2,11-12H2,1H3,(H,27,30). The van der Waals surface area contributed by atoms with Gasteiger partial charge in [-0.25, -0.2) is 18.9 Å². The number of nitrogens with one attached hydrogen (secondary N) is 1. The van der Waals surface area contributed by atoms with E-state index < -0.39 is 11.8 Å². The minimum absolute atomic E-state index is 0.154. The second kappa shape index (κ2) is 9.90. The molecule has 2 heterocycles. The number of nitrogens with zero attached hydrogens (tertiary/aromatic N) is 3. The second-order valence-corrected chi connectivity index (χ2v) is 7.06. The molecule has 2 aromatic carbocycles. The molecule has 0 unspecified atom stereocenters. The summed E-state index contributed by atoms with van der Waals surface area (Å²) < 4.78 is 25.9. The summed E-state index contributed by atoms with van der Waals surface area (Å²) in [5.41, 5.74) is 1.89. The first-order valence-corrected chi connectivity index (χ1v) is 10.4. The molecule has 0 radical (unpaired) electrons. The molecule has 0 fully saturated rings. The number of carbonyl (C=O) groups excluding carboxylic acids is 2. The van der Waals surface area contributed by atoms with E-state index in [9.17, 15) is 14.0 Å². The van der Waals surface area contributed by atoms with Gasteiger partial charge in [0, 0.05) is 24.7 Å². The molecule has 4 aromatic rings. The predicted octanol–water partition coefficient (Wildman–Crippen LogP) is 4.41. The van der Waals surface area contributed by atoms with E-state index in [2.05, 4.69) is 15.4 Å². The quantitative estimate of drug-likeness (QED) is 0.401. The van der Waals surface area contributed by atoms with Crippen LogP contribution >= 0.6 is 0 Å². The van der Waals surface area contributed by atoms with Crippen molar-refractivity contribution in [3.05, 3.63) is 84.4 Å². The van der Waals surface area contributed by atoms with Gasteiger partial charge in [-0.15, -0.1) is 0 Å². The van der Waals surface area contributed by atoms with Crippen LogP contribution in [0.4, 0.5) is 10.1 Å². The molecule has 1 N–H and O–H groups in total. The number of esters is 1. The van der Waals surface area contributed by atoms with Gasteiger partial charge >= 0.3 is 5.97 Å². The molecule has 2 aromatic heterocycles. The van der Waals surface area contributed by atoms with Crippen molar-refractivity contribution in [3.63, 3.8) is 0 Å². The van der Waals surface area contributed by atoms with E-state index in [1.807, 2.05) is 0 Å². The van der Waals surface area contributed by atoms with Crippen LogP contribution < -0.4 is 5.32 Å². The van der Waals surface area contributed by atoms with Crippen LogP contribution in [0.15, 0.2) is 71.4 Å². The molecule has 0 saturated carbocycles. The molecule has 8 nitrogen and oxygen atoms in total. The van der Waals surface area contributed by atoms with E-state index in [4.69, 9.17) is 9.15 Å². The van der Waals surface area contributed by atoms with Crippen molar-refractivity contribution in [3.8, 4) is 17.0 Å². The highest BCUT2D eigenvalue weighted by molar-refractivity contribution is 5.91. The number of hydrogen-bond donors (Lipinski definition) is 1. The van der Waals surface area contributed by atoms with Crippen molar-refractivity contribution in [2.45, 2.75) is 19.8 Å². The average Bonchev–Trinajstić information content (AvgIpc) is 3.49. The fourth-order valence-electron chi connectivity index (χ4n) is 3.13. The Morgan fingerprint density at radius 3 is 2.67 bits per heavy atom. The lowest BCUT2D eigenvalue weighted by Crippen LogP contribution is -2.12. The minimum Gasteiger partial charge on any atom is -0.461 e. The van der Waals surface area contributed by atoms with Crippen molar-refractivity contribution < 1.29 is 23.1 Å². The summed E-state index contributed by atoms with van der Waals surface area (Å²) in [6.07, 6.45) is 3.54. The van der Waals surface area contributed by atoms with Gasteiger partial charge in [0.05, 0.1) is 24.1 Å². The average molecular weight is 448 g/mol. The Bertz CT molecular complexity index is 1260. The van der Waals surface area contributed by atoms with Crippen molar-refractivity contribution >= 4 is 17.6 Å². The zero-order chi connectivity index (χ0) is 23.2. The Kier molecular flexibility index (Phi) is 6.58. The molecule has 1 amide bonds. The van der Waals surface area contributed by atoms with Crippen molar-refractivity contribution in [2.24, 2.45) is 0 Å². The first-order valence-electron chi connectivity index (χ1n) is 10.4. The third-order valence-corrected chi connectivity index (χ3v) is 4.75. The zero-order valence-electron chi connectivity index (χ0n) is 17.8. The summed E-state index contributed by atoms with van der Waals surface area (Å²) in [6, 6.07) is 14.9. The Morgan fingerprint density at radius 1 is 1.12 bits per heavy atom. The summed E-state index contributed by atoms with van der Waals surface area (Å²) in [7, 11) is 0. The van der Waals surface area contributed by atoms with Gasteiger partial charge in [0.15, 0.2) is 17.3 Å². The Balaban J connectivity index is 1.31. The van der Waals surface area contributed by atoms with Crippen molar-refractivity contribution in [2.75, 3.05) is 11.9 Å². The van der Waals surface area contributed by atoms with Crippen LogP contribution in [0.5, 0.6) is 0 Å². The maximum Gasteiger partial charge on any atom is 0.358 e. The highest BCUT2D eigenvalue weighted by Gasteiger charge is 2.13. The first kappa shape index (κ1) is 21.9. The van der Waals surface area contributed by atoms with E-state index in [0.29, 0.717) is 22.9 Å². The Labute approximate surface area is 189 Å². The summed E-state index contributed by atoms with van der Waals surface area (Å²) >= 11 is 0. The van der Waals surface area contributed by atoms with Crippen LogP contribution in [-0.4, -0.2) is 33.2 Å². The number of ether oxygens (including phenoxy) is 1. The Morgan fingerprint density at radius 2 is 1.91 bits per heavy atom. The molecule has 9 heteroatoms. The Hall–Kier alpha value is -4.27. The fourth-order valence-corrected chi connectivity index (χ4v) is 3.13. The summed E-state index contributed by atoms with van der Waals surface area (Å²) in [5.74, 6) is -0.406. The number of anilines is 1. The normalized spacial score (nSPS) is 10.7. The van der Waals surface area contributed by atoms with E-state index in [-0.39, 0.29) is 31.0 Å².